The Balaban J connectivity index is 2.73. The number of hydrogen-bond acceptors (Lipinski definition) is 2. The predicted molar refractivity (Wildman–Crippen MR) is 66.3 cm³/mol. The maximum Gasteiger partial charge on any atom is 0.0453 e. The van der Waals surface area contributed by atoms with Crippen LogP contribution in [0, 0.1) is 0 Å². The summed E-state index contributed by atoms with van der Waals surface area (Å²) in [4.78, 5) is 0. The minimum absolute atomic E-state index is 0.371. The van der Waals surface area contributed by atoms with Gasteiger partial charge in [-0.05, 0) is 37.1 Å². The minimum Gasteiger partial charge on any atom is -0.313 e. The highest BCUT2D eigenvalue weighted by atomic mass is 35.5. The van der Waals surface area contributed by atoms with Gasteiger partial charge in [0.25, 0.3) is 0 Å². The van der Waals surface area contributed by atoms with Crippen molar-refractivity contribution in [1.29, 1.82) is 0 Å². The van der Waals surface area contributed by atoms with E-state index in [0.717, 1.165) is 17.2 Å². The molecule has 0 spiro atoms. The molecule has 78 valence electrons. The molecule has 1 unspecified atom stereocenters. The Morgan fingerprint density at radius 2 is 2.14 bits per heavy atom. The number of thioether (sulfide) groups is 1. The summed E-state index contributed by atoms with van der Waals surface area (Å²) in [7, 11) is 1.98. The highest BCUT2D eigenvalue weighted by molar-refractivity contribution is 7.98. The average Bonchev–Trinajstić information content (AvgIpc) is 2.21. The van der Waals surface area contributed by atoms with Gasteiger partial charge >= 0.3 is 0 Å². The van der Waals surface area contributed by atoms with Gasteiger partial charge in [-0.3, -0.25) is 0 Å². The van der Waals surface area contributed by atoms with Gasteiger partial charge in [-0.1, -0.05) is 29.8 Å². The van der Waals surface area contributed by atoms with E-state index >= 15 is 0 Å². The fourth-order valence-electron chi connectivity index (χ4n) is 1.45. The Morgan fingerprint density at radius 1 is 1.43 bits per heavy atom. The Hall–Kier alpha value is -0.180. The summed E-state index contributed by atoms with van der Waals surface area (Å²) in [6.07, 6.45) is 3.24. The number of nitrogens with one attached hydrogen (secondary N) is 1. The smallest absolute Gasteiger partial charge is 0.0453 e. The molecular formula is C11H16ClNS. The van der Waals surface area contributed by atoms with Crippen LogP contribution in [0.15, 0.2) is 24.3 Å². The zero-order valence-corrected chi connectivity index (χ0v) is 10.2. The van der Waals surface area contributed by atoms with Crippen LogP contribution >= 0.6 is 23.4 Å². The van der Waals surface area contributed by atoms with E-state index in [1.54, 1.807) is 0 Å². The van der Waals surface area contributed by atoms with Crippen LogP contribution in [0.5, 0.6) is 0 Å². The second-order valence-electron chi connectivity index (χ2n) is 3.14. The molecule has 0 radical (unpaired) electrons. The van der Waals surface area contributed by atoms with Gasteiger partial charge in [0.1, 0.15) is 0 Å². The molecule has 0 aliphatic rings. The molecule has 0 aliphatic heterocycles. The van der Waals surface area contributed by atoms with Crippen molar-refractivity contribution in [1.82, 2.24) is 5.32 Å². The van der Waals surface area contributed by atoms with Crippen molar-refractivity contribution >= 4 is 23.4 Å². The molecule has 1 atom stereocenters. The lowest BCUT2D eigenvalue weighted by Gasteiger charge is -2.17. The molecule has 0 bridgehead atoms. The first kappa shape index (κ1) is 11.9. The predicted octanol–water partition coefficient (Wildman–Crippen LogP) is 3.35. The summed E-state index contributed by atoms with van der Waals surface area (Å²) in [6, 6.07) is 8.40. The average molecular weight is 230 g/mol. The zero-order valence-electron chi connectivity index (χ0n) is 8.59. The van der Waals surface area contributed by atoms with E-state index < -0.39 is 0 Å². The number of rotatable bonds is 5. The Labute approximate surface area is 95.2 Å². The normalized spacial score (nSPS) is 12.8. The quantitative estimate of drug-likeness (QED) is 0.831. The molecule has 1 nitrogen and oxygen atoms in total. The summed E-state index contributed by atoms with van der Waals surface area (Å²) in [5, 5.41) is 4.15. The first-order chi connectivity index (χ1) is 6.79. The number of halogens is 1. The molecule has 0 amide bonds. The Bertz CT molecular complexity index is 278. The van der Waals surface area contributed by atoms with Crippen molar-refractivity contribution in [3.05, 3.63) is 34.9 Å². The molecule has 1 N–H and O–H groups in total. The summed E-state index contributed by atoms with van der Waals surface area (Å²) < 4.78 is 0. The highest BCUT2D eigenvalue weighted by Gasteiger charge is 2.11. The van der Waals surface area contributed by atoms with Crippen molar-refractivity contribution in [2.75, 3.05) is 19.1 Å². The second-order valence-corrected chi connectivity index (χ2v) is 4.54. The molecule has 14 heavy (non-hydrogen) atoms. The van der Waals surface area contributed by atoms with Crippen LogP contribution in [0.2, 0.25) is 5.02 Å². The first-order valence-electron chi connectivity index (χ1n) is 4.70. The highest BCUT2D eigenvalue weighted by Crippen LogP contribution is 2.25. The third-order valence-electron chi connectivity index (χ3n) is 2.24. The van der Waals surface area contributed by atoms with E-state index in [-0.39, 0.29) is 0 Å². The molecule has 0 aliphatic carbocycles. The van der Waals surface area contributed by atoms with Crippen molar-refractivity contribution in [2.45, 2.75) is 12.5 Å². The molecule has 1 aromatic rings. The van der Waals surface area contributed by atoms with Gasteiger partial charge in [0, 0.05) is 11.1 Å². The monoisotopic (exact) mass is 229 g/mol. The van der Waals surface area contributed by atoms with E-state index in [1.165, 1.54) is 5.56 Å². The summed E-state index contributed by atoms with van der Waals surface area (Å²) in [6.45, 7) is 0. The lowest BCUT2D eigenvalue weighted by atomic mass is 10.1. The van der Waals surface area contributed by atoms with Gasteiger partial charge in [-0.25, -0.2) is 0 Å². The van der Waals surface area contributed by atoms with Crippen molar-refractivity contribution in [2.24, 2.45) is 0 Å². The molecule has 1 rings (SSSR count). The summed E-state index contributed by atoms with van der Waals surface area (Å²) in [5.74, 6) is 1.15. The molecule has 0 saturated heterocycles. The largest absolute Gasteiger partial charge is 0.313 e. The molecule has 0 heterocycles. The van der Waals surface area contributed by atoms with E-state index in [4.69, 9.17) is 11.6 Å². The Morgan fingerprint density at radius 3 is 2.71 bits per heavy atom. The van der Waals surface area contributed by atoms with Gasteiger partial charge < -0.3 is 5.32 Å². The minimum atomic E-state index is 0.371. The first-order valence-corrected chi connectivity index (χ1v) is 6.47. The van der Waals surface area contributed by atoms with E-state index in [0.29, 0.717) is 6.04 Å². The van der Waals surface area contributed by atoms with Gasteiger partial charge in [0.05, 0.1) is 0 Å². The lowest BCUT2D eigenvalue weighted by Crippen LogP contribution is -2.17. The SMILES string of the molecule is CNC(CCSC)c1ccccc1Cl. The van der Waals surface area contributed by atoms with Crippen molar-refractivity contribution < 1.29 is 0 Å². The maximum absolute atomic E-state index is 6.13. The van der Waals surface area contributed by atoms with Gasteiger partial charge in [-0.15, -0.1) is 0 Å². The van der Waals surface area contributed by atoms with Gasteiger partial charge in [0.2, 0.25) is 0 Å². The lowest BCUT2D eigenvalue weighted by molar-refractivity contribution is 0.581. The van der Waals surface area contributed by atoms with Gasteiger partial charge in [-0.2, -0.15) is 11.8 Å². The Kier molecular flexibility index (Phi) is 5.38. The zero-order chi connectivity index (χ0) is 10.4. The topological polar surface area (TPSA) is 12.0 Å². The molecule has 0 aromatic heterocycles. The van der Waals surface area contributed by atoms with Crippen molar-refractivity contribution in [3.63, 3.8) is 0 Å². The standard InChI is InChI=1S/C11H16ClNS/c1-13-11(7-8-14-2)9-5-3-4-6-10(9)12/h3-6,11,13H,7-8H2,1-2H3. The van der Waals surface area contributed by atoms with E-state index in [2.05, 4.69) is 17.6 Å². The fraction of sp³-hybridized carbons (Fsp3) is 0.455. The van der Waals surface area contributed by atoms with Crippen LogP contribution < -0.4 is 5.32 Å². The van der Waals surface area contributed by atoms with Crippen LogP contribution in [-0.4, -0.2) is 19.1 Å². The summed E-state index contributed by atoms with van der Waals surface area (Å²) >= 11 is 7.99. The maximum atomic E-state index is 6.13. The number of benzene rings is 1. The second kappa shape index (κ2) is 6.33. The fourth-order valence-corrected chi connectivity index (χ4v) is 2.19. The van der Waals surface area contributed by atoms with Crippen LogP contribution in [0.25, 0.3) is 0 Å². The number of hydrogen-bond donors (Lipinski definition) is 1. The molecular weight excluding hydrogens is 214 g/mol. The third-order valence-corrected chi connectivity index (χ3v) is 3.23. The third kappa shape index (κ3) is 3.19. The van der Waals surface area contributed by atoms with Gasteiger partial charge in [0.15, 0.2) is 0 Å². The molecule has 3 heteroatoms. The molecule has 1 aromatic carbocycles. The van der Waals surface area contributed by atoms with Crippen molar-refractivity contribution in [3.8, 4) is 0 Å². The van der Waals surface area contributed by atoms with Crippen LogP contribution in [0.4, 0.5) is 0 Å². The van der Waals surface area contributed by atoms with E-state index in [9.17, 15) is 0 Å². The summed E-state index contributed by atoms with van der Waals surface area (Å²) in [5.41, 5.74) is 1.20. The molecule has 0 saturated carbocycles. The van der Waals surface area contributed by atoms with Crippen LogP contribution in [0.3, 0.4) is 0 Å². The van der Waals surface area contributed by atoms with Crippen LogP contribution in [-0.2, 0) is 0 Å². The van der Waals surface area contributed by atoms with Crippen LogP contribution in [0.1, 0.15) is 18.0 Å². The molecule has 0 fully saturated rings. The van der Waals surface area contributed by atoms with E-state index in [1.807, 2.05) is 37.0 Å².